The number of ether oxygens (including phenoxy) is 1. The summed E-state index contributed by atoms with van der Waals surface area (Å²) in [7, 11) is -0.0332. The number of benzene rings is 2. The molecule has 0 bridgehead atoms. The van der Waals surface area contributed by atoms with Crippen molar-refractivity contribution in [3.05, 3.63) is 51.9 Å². The first-order valence-electron chi connectivity index (χ1n) is 7.18. The van der Waals surface area contributed by atoms with Crippen LogP contribution < -0.4 is 4.74 Å². The van der Waals surface area contributed by atoms with Gasteiger partial charge in [-0.05, 0) is 35.7 Å². The van der Waals surface area contributed by atoms with Gasteiger partial charge in [0.05, 0.1) is 12.0 Å². The van der Waals surface area contributed by atoms with E-state index in [9.17, 15) is 13.0 Å². The Kier molecular flexibility index (Phi) is 5.08. The normalized spacial score (nSPS) is 11.5. The van der Waals surface area contributed by atoms with Crippen molar-refractivity contribution in [1.29, 1.82) is 0 Å². The molecule has 1 aromatic heterocycles. The van der Waals surface area contributed by atoms with Crippen molar-refractivity contribution in [2.24, 2.45) is 0 Å². The maximum atomic E-state index is 11.7. The van der Waals surface area contributed by atoms with Crippen LogP contribution in [0.1, 0.15) is 5.56 Å². The summed E-state index contributed by atoms with van der Waals surface area (Å²) in [5.41, 5.74) is 3.59. The molecule has 2 aromatic carbocycles. The van der Waals surface area contributed by atoms with E-state index >= 15 is 0 Å². The molecule has 8 heteroatoms. The van der Waals surface area contributed by atoms with Crippen LogP contribution in [0, 0.1) is 10.7 Å². The highest BCUT2D eigenvalue weighted by atomic mass is 32.9. The molecule has 0 aliphatic rings. The van der Waals surface area contributed by atoms with E-state index < -0.39 is 10.1 Å². The Morgan fingerprint density at radius 3 is 2.48 bits per heavy atom. The predicted octanol–water partition coefficient (Wildman–Crippen LogP) is 5.44. The number of methoxy groups -OCH3 is 1. The third-order valence-corrected chi connectivity index (χ3v) is 7.68. The van der Waals surface area contributed by atoms with Gasteiger partial charge in [0.25, 0.3) is 10.1 Å². The van der Waals surface area contributed by atoms with Gasteiger partial charge in [0, 0.05) is 5.56 Å². The van der Waals surface area contributed by atoms with E-state index in [0.717, 1.165) is 21.6 Å². The summed E-state index contributed by atoms with van der Waals surface area (Å²) in [6.07, 6.45) is 0. The minimum Gasteiger partial charge on any atom is -0.495 e. The molecule has 3 rings (SSSR count). The monoisotopic (exact) mass is 410 g/mol. The topological polar surface area (TPSA) is 63.6 Å². The Bertz CT molecular complexity index is 1090. The van der Waals surface area contributed by atoms with Gasteiger partial charge in [0.1, 0.15) is 14.5 Å². The zero-order valence-corrected chi connectivity index (χ0v) is 16.6. The first-order valence-corrected chi connectivity index (χ1v) is 11.2. The summed E-state index contributed by atoms with van der Waals surface area (Å²) >= 11 is 5.48. The minimum absolute atomic E-state index is 0.0912. The Morgan fingerprint density at radius 2 is 1.84 bits per heavy atom. The lowest BCUT2D eigenvalue weighted by Crippen LogP contribution is -2.01. The van der Waals surface area contributed by atoms with Gasteiger partial charge in [-0.25, -0.2) is 0 Å². The van der Waals surface area contributed by atoms with Crippen LogP contribution in [-0.4, -0.2) is 20.1 Å². The van der Waals surface area contributed by atoms with Gasteiger partial charge in [-0.15, -0.1) is 0 Å². The van der Waals surface area contributed by atoms with Gasteiger partial charge < -0.3 is 4.74 Å². The first-order chi connectivity index (χ1) is 11.8. The van der Waals surface area contributed by atoms with Gasteiger partial charge >= 0.3 is 0 Å². The molecule has 0 atom stereocenters. The van der Waals surface area contributed by atoms with Gasteiger partial charge in [0.15, 0.2) is 0 Å². The number of hydrogen-bond donors (Lipinski definition) is 1. The zero-order valence-electron chi connectivity index (χ0n) is 13.3. The highest BCUT2D eigenvalue weighted by Crippen LogP contribution is 2.43. The Balaban J connectivity index is 2.28. The van der Waals surface area contributed by atoms with Crippen LogP contribution in [0.3, 0.4) is 0 Å². The molecule has 1 heterocycles. The lowest BCUT2D eigenvalue weighted by Gasteiger charge is -2.10. The standard InChI is InChI=1S/C17H14O4S4/c1-10-5-3-4-6-12(10)16-15(17(22)24-23-16)11-7-8-13(21-2)14(9-11)25(18,19)20/h3-9H,1-2H3,(H,18,19,20). The fraction of sp³-hybridized carbons (Fsp3) is 0.118. The maximum Gasteiger partial charge on any atom is 0.298 e. The summed E-state index contributed by atoms with van der Waals surface area (Å²) < 4.78 is 38.6. The van der Waals surface area contributed by atoms with E-state index in [1.54, 1.807) is 16.4 Å². The molecule has 0 unspecified atom stereocenters. The smallest absolute Gasteiger partial charge is 0.298 e. The third-order valence-electron chi connectivity index (χ3n) is 3.75. The molecular weight excluding hydrogens is 396 g/mol. The van der Waals surface area contributed by atoms with Crippen LogP contribution in [0.5, 0.6) is 5.75 Å². The van der Waals surface area contributed by atoms with Crippen LogP contribution >= 0.6 is 32.9 Å². The van der Waals surface area contributed by atoms with E-state index in [0.29, 0.717) is 9.39 Å². The second-order valence-electron chi connectivity index (χ2n) is 5.31. The average Bonchev–Trinajstić information content (AvgIpc) is 2.95. The zero-order chi connectivity index (χ0) is 18.2. The fourth-order valence-electron chi connectivity index (χ4n) is 2.55. The van der Waals surface area contributed by atoms with E-state index in [-0.39, 0.29) is 10.6 Å². The average molecular weight is 411 g/mol. The largest absolute Gasteiger partial charge is 0.495 e. The summed E-state index contributed by atoms with van der Waals surface area (Å²) in [5.74, 6) is 0.0912. The highest BCUT2D eigenvalue weighted by Gasteiger charge is 2.20. The summed E-state index contributed by atoms with van der Waals surface area (Å²) in [5, 5.41) is 0. The molecular formula is C17H14O4S4. The van der Waals surface area contributed by atoms with E-state index in [4.69, 9.17) is 17.0 Å². The summed E-state index contributed by atoms with van der Waals surface area (Å²) in [6.45, 7) is 2.02. The van der Waals surface area contributed by atoms with Gasteiger partial charge in [-0.2, -0.15) is 8.42 Å². The Hall–Kier alpha value is -1.58. The molecule has 0 amide bonds. The molecule has 4 nitrogen and oxygen atoms in total. The second kappa shape index (κ2) is 6.97. The van der Waals surface area contributed by atoms with Crippen LogP contribution in [0.25, 0.3) is 21.6 Å². The third kappa shape index (κ3) is 3.54. The van der Waals surface area contributed by atoms with Crippen molar-refractivity contribution in [2.75, 3.05) is 7.11 Å². The Labute approximate surface area is 158 Å². The molecule has 1 N–H and O–H groups in total. The van der Waals surface area contributed by atoms with Crippen molar-refractivity contribution in [2.45, 2.75) is 11.8 Å². The second-order valence-corrected chi connectivity index (χ2v) is 9.52. The van der Waals surface area contributed by atoms with Crippen LogP contribution in [0.4, 0.5) is 0 Å². The van der Waals surface area contributed by atoms with Crippen LogP contribution in [0.15, 0.2) is 47.4 Å². The molecule has 0 aliphatic heterocycles. The first kappa shape index (κ1) is 18.2. The molecule has 0 spiro atoms. The molecule has 0 saturated heterocycles. The number of rotatable bonds is 4. The van der Waals surface area contributed by atoms with Crippen LogP contribution in [-0.2, 0) is 10.1 Å². The molecule has 3 aromatic rings. The van der Waals surface area contributed by atoms with Crippen LogP contribution in [0.2, 0.25) is 0 Å². The van der Waals surface area contributed by atoms with Crippen molar-refractivity contribution in [1.82, 2.24) is 0 Å². The van der Waals surface area contributed by atoms with Gasteiger partial charge in [0.2, 0.25) is 0 Å². The van der Waals surface area contributed by atoms with Gasteiger partial charge in [-0.3, -0.25) is 4.55 Å². The molecule has 0 saturated carbocycles. The predicted molar refractivity (Wildman–Crippen MR) is 105 cm³/mol. The van der Waals surface area contributed by atoms with Gasteiger partial charge in [-0.1, -0.05) is 63.2 Å². The number of hydrogen-bond acceptors (Lipinski definition) is 6. The maximum absolute atomic E-state index is 11.7. The van der Waals surface area contributed by atoms with Crippen molar-refractivity contribution in [3.63, 3.8) is 0 Å². The molecule has 0 fully saturated rings. The SMILES string of the molecule is COc1ccc(-c2c(-c3ccccc3C)ssc2=S)cc1S(=O)(=O)O. The quantitative estimate of drug-likeness (QED) is 0.353. The van der Waals surface area contributed by atoms with Crippen molar-refractivity contribution < 1.29 is 17.7 Å². The van der Waals surface area contributed by atoms with E-state index in [1.807, 2.05) is 31.2 Å². The van der Waals surface area contributed by atoms with Crippen molar-refractivity contribution in [3.8, 4) is 27.3 Å². The molecule has 0 radical (unpaired) electrons. The molecule has 0 aliphatic carbocycles. The molecule has 25 heavy (non-hydrogen) atoms. The summed E-state index contributed by atoms with van der Waals surface area (Å²) in [4.78, 5) is 0.716. The number of aryl methyl sites for hydroxylation is 1. The molecule has 130 valence electrons. The lowest BCUT2D eigenvalue weighted by atomic mass is 10.0. The van der Waals surface area contributed by atoms with E-state index in [1.165, 1.54) is 29.6 Å². The minimum atomic E-state index is -4.41. The lowest BCUT2D eigenvalue weighted by molar-refractivity contribution is 0.397. The highest BCUT2D eigenvalue weighted by molar-refractivity contribution is 7.86. The van der Waals surface area contributed by atoms with Crippen molar-refractivity contribution >= 4 is 43.0 Å². The Morgan fingerprint density at radius 1 is 1.12 bits per heavy atom. The van der Waals surface area contributed by atoms with E-state index in [2.05, 4.69) is 0 Å². The summed E-state index contributed by atoms with van der Waals surface area (Å²) in [6, 6.07) is 12.6. The fourth-order valence-corrected chi connectivity index (χ4v) is 6.21.